The first-order chi connectivity index (χ1) is 10.3. The molecule has 0 fully saturated rings. The second-order valence-electron chi connectivity index (χ2n) is 8.26. The molecule has 3 nitrogen and oxygen atoms in total. The van der Waals surface area contributed by atoms with E-state index in [9.17, 15) is 4.79 Å². The summed E-state index contributed by atoms with van der Waals surface area (Å²) in [4.78, 5) is 12.0. The highest BCUT2D eigenvalue weighted by molar-refractivity contribution is 6.66. The van der Waals surface area contributed by atoms with Gasteiger partial charge >= 0.3 is 12.9 Å². The van der Waals surface area contributed by atoms with Crippen LogP contribution in [0.1, 0.15) is 54.0 Å². The van der Waals surface area contributed by atoms with Crippen molar-refractivity contribution in [2.45, 2.75) is 66.3 Å². The highest BCUT2D eigenvalue weighted by Gasteiger charge is 2.36. The van der Waals surface area contributed by atoms with Gasteiger partial charge in [-0.15, -0.1) is 0 Å². The molecular weight excluding hydrogens is 287 g/mol. The van der Waals surface area contributed by atoms with Crippen LogP contribution in [0.25, 0.3) is 0 Å². The minimum atomic E-state index is -0.677. The van der Waals surface area contributed by atoms with Crippen LogP contribution in [-0.2, 0) is 19.6 Å². The summed E-state index contributed by atoms with van der Waals surface area (Å²) in [6.07, 6.45) is 0. The van der Waals surface area contributed by atoms with E-state index in [2.05, 4.69) is 41.4 Å². The summed E-state index contributed by atoms with van der Waals surface area (Å²) in [6, 6.07) is 8.02. The van der Waals surface area contributed by atoms with Crippen LogP contribution in [0.5, 0.6) is 0 Å². The van der Waals surface area contributed by atoms with Crippen molar-refractivity contribution >= 4 is 18.3 Å². The van der Waals surface area contributed by atoms with Crippen molar-refractivity contribution < 1.29 is 14.2 Å². The van der Waals surface area contributed by atoms with Crippen LogP contribution < -0.4 is 5.46 Å². The normalized spacial score (nSPS) is 12.9. The van der Waals surface area contributed by atoms with Crippen molar-refractivity contribution in [1.29, 1.82) is 0 Å². The molecule has 0 unspecified atom stereocenters. The molecule has 0 aromatic heterocycles. The van der Waals surface area contributed by atoms with Gasteiger partial charge in [-0.2, -0.15) is 0 Å². The molecule has 0 N–H and O–H groups in total. The zero-order valence-corrected chi connectivity index (χ0v) is 16.1. The Morgan fingerprint density at radius 1 is 1.04 bits per heavy atom. The molecule has 0 saturated heterocycles. The molecule has 0 bridgehead atoms. The molecule has 1 aromatic carbocycles. The van der Waals surface area contributed by atoms with E-state index in [1.165, 1.54) is 7.11 Å². The van der Waals surface area contributed by atoms with Gasteiger partial charge in [-0.05, 0) is 44.1 Å². The highest BCUT2D eigenvalue weighted by Crippen LogP contribution is 2.33. The van der Waals surface area contributed by atoms with Crippen LogP contribution >= 0.6 is 0 Å². The molecular formula is C19H31BO3. The third kappa shape index (κ3) is 4.38. The Labute approximate surface area is 141 Å². The maximum absolute atomic E-state index is 12.0. The molecule has 0 aliphatic heterocycles. The average molecular weight is 318 g/mol. The molecule has 1 aromatic rings. The van der Waals surface area contributed by atoms with Gasteiger partial charge < -0.3 is 9.39 Å². The molecule has 4 heteroatoms. The molecule has 0 spiro atoms. The second-order valence-corrected chi connectivity index (χ2v) is 8.26. The molecule has 0 amide bonds. The number of hydrogen-bond acceptors (Lipinski definition) is 3. The third-order valence-corrected chi connectivity index (χ3v) is 5.05. The Hall–Kier alpha value is -1.29. The largest absolute Gasteiger partial charge is 0.468 e. The molecule has 0 aliphatic rings. The lowest BCUT2D eigenvalue weighted by atomic mass is 9.61. The predicted molar refractivity (Wildman–Crippen MR) is 97.4 cm³/mol. The Bertz CT molecular complexity index is 556. The van der Waals surface area contributed by atoms with Crippen LogP contribution in [-0.4, -0.2) is 25.6 Å². The van der Waals surface area contributed by atoms with Crippen molar-refractivity contribution in [3.05, 3.63) is 29.8 Å². The molecule has 128 valence electrons. The van der Waals surface area contributed by atoms with Crippen LogP contribution in [0.2, 0.25) is 6.82 Å². The van der Waals surface area contributed by atoms with Gasteiger partial charge in [-0.1, -0.05) is 51.9 Å². The van der Waals surface area contributed by atoms with Gasteiger partial charge in [0.15, 0.2) is 0 Å². The van der Waals surface area contributed by atoms with Crippen molar-refractivity contribution in [2.24, 2.45) is 5.41 Å². The Morgan fingerprint density at radius 2 is 1.61 bits per heavy atom. The molecule has 0 aliphatic carbocycles. The number of hydrogen-bond donors (Lipinski definition) is 0. The van der Waals surface area contributed by atoms with Crippen molar-refractivity contribution in [3.63, 3.8) is 0 Å². The number of carbonyl (C=O) groups is 1. The summed E-state index contributed by atoms with van der Waals surface area (Å²) < 4.78 is 11.3. The minimum Gasteiger partial charge on any atom is -0.468 e. The summed E-state index contributed by atoms with van der Waals surface area (Å²) >= 11 is 0. The first kappa shape index (κ1) is 19.8. The Kier molecular flexibility index (Phi) is 5.74. The number of ether oxygens (including phenoxy) is 1. The molecule has 1 rings (SSSR count). The maximum atomic E-state index is 12.0. The van der Waals surface area contributed by atoms with Gasteiger partial charge in [0.05, 0.1) is 18.1 Å². The summed E-state index contributed by atoms with van der Waals surface area (Å²) in [6.45, 7) is 16.5. The van der Waals surface area contributed by atoms with Gasteiger partial charge in [-0.25, -0.2) is 0 Å². The second kappa shape index (κ2) is 6.68. The van der Waals surface area contributed by atoms with E-state index in [4.69, 9.17) is 9.39 Å². The topological polar surface area (TPSA) is 35.5 Å². The highest BCUT2D eigenvalue weighted by atomic mass is 16.5. The standard InChI is InChI=1S/C19H31BO3/c1-17(2,3)19(6,7)23-20(8)15-12-10-11-14(13-15)18(4,5)16(21)22-9/h10-13H,1-9H3. The molecule has 0 heterocycles. The van der Waals surface area contributed by atoms with Crippen LogP contribution in [0.15, 0.2) is 24.3 Å². The van der Waals surface area contributed by atoms with Gasteiger partial charge in [0.1, 0.15) is 0 Å². The lowest BCUT2D eigenvalue weighted by molar-refractivity contribution is -0.146. The fraction of sp³-hybridized carbons (Fsp3) is 0.632. The van der Waals surface area contributed by atoms with E-state index in [0.717, 1.165) is 11.0 Å². The predicted octanol–water partition coefficient (Wildman–Crippen LogP) is 3.81. The number of benzene rings is 1. The maximum Gasteiger partial charge on any atom is 0.324 e. The van der Waals surface area contributed by atoms with E-state index >= 15 is 0 Å². The molecule has 0 atom stereocenters. The number of carbonyl (C=O) groups excluding carboxylic acids is 1. The van der Waals surface area contributed by atoms with Crippen molar-refractivity contribution in [2.75, 3.05) is 7.11 Å². The molecule has 0 saturated carbocycles. The van der Waals surface area contributed by atoms with Crippen LogP contribution in [0.4, 0.5) is 0 Å². The fourth-order valence-electron chi connectivity index (χ4n) is 2.24. The zero-order chi connectivity index (χ0) is 18.1. The van der Waals surface area contributed by atoms with Gasteiger partial charge in [0, 0.05) is 0 Å². The Balaban J connectivity index is 3.08. The van der Waals surface area contributed by atoms with Crippen LogP contribution in [0.3, 0.4) is 0 Å². The molecule has 0 radical (unpaired) electrons. The molecule has 23 heavy (non-hydrogen) atoms. The Morgan fingerprint density at radius 3 is 2.09 bits per heavy atom. The summed E-state index contributed by atoms with van der Waals surface area (Å²) in [5, 5.41) is 0. The summed E-state index contributed by atoms with van der Waals surface area (Å²) in [5.74, 6) is -0.238. The summed E-state index contributed by atoms with van der Waals surface area (Å²) in [5.41, 5.74) is 1.09. The quantitative estimate of drug-likeness (QED) is 0.612. The number of esters is 1. The first-order valence-corrected chi connectivity index (χ1v) is 8.19. The summed E-state index contributed by atoms with van der Waals surface area (Å²) in [7, 11) is 1.42. The fourth-order valence-corrected chi connectivity index (χ4v) is 2.24. The van der Waals surface area contributed by atoms with Crippen LogP contribution in [0, 0.1) is 5.41 Å². The van der Waals surface area contributed by atoms with Gasteiger partial charge in [0.2, 0.25) is 0 Å². The lowest BCUT2D eigenvalue weighted by Crippen LogP contribution is -2.47. The minimum absolute atomic E-state index is 0.0319. The average Bonchev–Trinajstić information content (AvgIpc) is 2.44. The monoisotopic (exact) mass is 318 g/mol. The van der Waals surface area contributed by atoms with E-state index in [1.807, 2.05) is 38.1 Å². The third-order valence-electron chi connectivity index (χ3n) is 5.05. The van der Waals surface area contributed by atoms with Gasteiger partial charge in [-0.3, -0.25) is 4.79 Å². The van der Waals surface area contributed by atoms with E-state index in [1.54, 1.807) is 0 Å². The van der Waals surface area contributed by atoms with E-state index in [0.29, 0.717) is 0 Å². The van der Waals surface area contributed by atoms with E-state index < -0.39 is 5.41 Å². The first-order valence-electron chi connectivity index (χ1n) is 8.19. The number of methoxy groups -OCH3 is 1. The van der Waals surface area contributed by atoms with Gasteiger partial charge in [0.25, 0.3) is 0 Å². The smallest absolute Gasteiger partial charge is 0.324 e. The van der Waals surface area contributed by atoms with Crippen molar-refractivity contribution in [3.8, 4) is 0 Å². The van der Waals surface area contributed by atoms with Crippen molar-refractivity contribution in [1.82, 2.24) is 0 Å². The SMILES string of the molecule is COC(=O)C(C)(C)c1cccc(B(C)OC(C)(C)C(C)(C)C)c1. The zero-order valence-electron chi connectivity index (χ0n) is 16.1. The van der Waals surface area contributed by atoms with E-state index in [-0.39, 0.29) is 23.9 Å². The lowest BCUT2D eigenvalue weighted by Gasteiger charge is -2.41. The number of rotatable bonds is 5.